The number of carbonyl (C=O) groups excluding carboxylic acids is 1. The van der Waals surface area contributed by atoms with Gasteiger partial charge in [-0.2, -0.15) is 13.2 Å². The minimum absolute atomic E-state index is 0.165. The van der Waals surface area contributed by atoms with Gasteiger partial charge < -0.3 is 0 Å². The lowest BCUT2D eigenvalue weighted by Gasteiger charge is -2.15. The zero-order valence-corrected chi connectivity index (χ0v) is 11.2. The van der Waals surface area contributed by atoms with Crippen molar-refractivity contribution in [3.8, 4) is 0 Å². The van der Waals surface area contributed by atoms with E-state index in [0.717, 1.165) is 0 Å². The molecule has 0 aromatic carbocycles. The number of hydrogen-bond acceptors (Lipinski definition) is 3. The highest BCUT2D eigenvalue weighted by atomic mass is 32.2. The fourth-order valence-electron chi connectivity index (χ4n) is 1.89. The number of carbonyl (C=O) groups is 1. The number of alkyl halides is 3. The highest BCUT2D eigenvalue weighted by molar-refractivity contribution is 7.90. The zero-order valence-electron chi connectivity index (χ0n) is 10.3. The molecule has 0 spiro atoms. The van der Waals surface area contributed by atoms with Crippen LogP contribution in [0.5, 0.6) is 0 Å². The van der Waals surface area contributed by atoms with Crippen LogP contribution >= 0.6 is 0 Å². The summed E-state index contributed by atoms with van der Waals surface area (Å²) in [7, 11) is -4.64. The van der Waals surface area contributed by atoms with E-state index in [1.165, 1.54) is 4.72 Å². The molecule has 0 saturated heterocycles. The fraction of sp³-hybridized carbons (Fsp3) is 0.900. The first kappa shape index (κ1) is 15.3. The molecule has 0 aromatic rings. The van der Waals surface area contributed by atoms with Gasteiger partial charge in [-0.05, 0) is 17.8 Å². The molecule has 1 amide bonds. The second-order valence-corrected chi connectivity index (χ2v) is 6.98. The largest absolute Gasteiger partial charge is 0.404 e. The lowest BCUT2D eigenvalue weighted by Crippen LogP contribution is -2.39. The summed E-state index contributed by atoms with van der Waals surface area (Å²) < 4.78 is 59.6. The van der Waals surface area contributed by atoms with Crippen LogP contribution in [0.15, 0.2) is 0 Å². The molecule has 106 valence electrons. The number of halogens is 3. The molecule has 1 N–H and O–H groups in total. The van der Waals surface area contributed by atoms with Gasteiger partial charge in [0.15, 0.2) is 5.75 Å². The Morgan fingerprint density at radius 3 is 2.28 bits per heavy atom. The van der Waals surface area contributed by atoms with E-state index in [1.807, 2.05) is 20.8 Å². The summed E-state index contributed by atoms with van der Waals surface area (Å²) in [6.45, 7) is 5.59. The maximum Gasteiger partial charge on any atom is 0.404 e. The summed E-state index contributed by atoms with van der Waals surface area (Å²) >= 11 is 0. The van der Waals surface area contributed by atoms with Gasteiger partial charge in [-0.15, -0.1) is 0 Å². The Bertz CT molecular complexity index is 444. The molecule has 1 aliphatic carbocycles. The van der Waals surface area contributed by atoms with Crippen LogP contribution in [0.4, 0.5) is 13.2 Å². The molecule has 1 saturated carbocycles. The van der Waals surface area contributed by atoms with Crippen molar-refractivity contribution in [3.05, 3.63) is 0 Å². The van der Waals surface area contributed by atoms with Gasteiger partial charge in [-0.25, -0.2) is 8.42 Å². The van der Waals surface area contributed by atoms with Gasteiger partial charge in [0, 0.05) is 5.92 Å². The molecular formula is C10H16F3NO3S. The van der Waals surface area contributed by atoms with Crippen LogP contribution < -0.4 is 4.72 Å². The van der Waals surface area contributed by atoms with E-state index < -0.39 is 33.8 Å². The third-order valence-corrected chi connectivity index (χ3v) is 4.74. The Hall–Kier alpha value is -0.790. The predicted octanol–water partition coefficient (Wildman–Crippen LogP) is 1.68. The lowest BCUT2D eigenvalue weighted by atomic mass is 9.92. The summed E-state index contributed by atoms with van der Waals surface area (Å²) in [6.07, 6.45) is -4.35. The van der Waals surface area contributed by atoms with E-state index in [0.29, 0.717) is 6.42 Å². The standard InChI is InChI=1S/C10H16F3NO3S/c1-6(2)9(3)4-7(9)8(15)14-18(16,17)5-10(11,12)13/h6-7H,4-5H2,1-3H3,(H,14,15). The van der Waals surface area contributed by atoms with Gasteiger partial charge in [0.05, 0.1) is 0 Å². The molecule has 8 heteroatoms. The average Bonchev–Trinajstić information content (AvgIpc) is 2.73. The first-order chi connectivity index (χ1) is 7.87. The van der Waals surface area contributed by atoms with Crippen LogP contribution in [0.25, 0.3) is 0 Å². The van der Waals surface area contributed by atoms with Gasteiger partial charge in [0.2, 0.25) is 15.9 Å². The number of sulfonamides is 1. The minimum atomic E-state index is -4.85. The smallest absolute Gasteiger partial charge is 0.274 e. The summed E-state index contributed by atoms with van der Waals surface area (Å²) in [4.78, 5) is 11.6. The van der Waals surface area contributed by atoms with Crippen LogP contribution in [-0.4, -0.2) is 26.3 Å². The van der Waals surface area contributed by atoms with Gasteiger partial charge in [0.1, 0.15) is 0 Å². The molecule has 0 heterocycles. The number of hydrogen-bond donors (Lipinski definition) is 1. The Labute approximate surface area is 104 Å². The number of rotatable bonds is 4. The van der Waals surface area contributed by atoms with Gasteiger partial charge in [0.25, 0.3) is 0 Å². The van der Waals surface area contributed by atoms with Crippen molar-refractivity contribution in [1.82, 2.24) is 4.72 Å². The molecule has 4 nitrogen and oxygen atoms in total. The van der Waals surface area contributed by atoms with Crippen molar-refractivity contribution < 1.29 is 26.4 Å². The molecule has 1 rings (SSSR count). The molecule has 2 unspecified atom stereocenters. The zero-order chi connectivity index (χ0) is 14.4. The van der Waals surface area contributed by atoms with E-state index >= 15 is 0 Å². The van der Waals surface area contributed by atoms with Crippen molar-refractivity contribution in [2.24, 2.45) is 17.3 Å². The Morgan fingerprint density at radius 2 is 1.94 bits per heavy atom. The summed E-state index contributed by atoms with van der Waals surface area (Å²) in [5.41, 5.74) is -0.322. The maximum absolute atomic E-state index is 12.0. The van der Waals surface area contributed by atoms with Crippen molar-refractivity contribution in [1.29, 1.82) is 0 Å². The second-order valence-electron chi connectivity index (χ2n) is 5.26. The van der Waals surface area contributed by atoms with Gasteiger partial charge in [-0.1, -0.05) is 20.8 Å². The van der Waals surface area contributed by atoms with E-state index in [-0.39, 0.29) is 11.3 Å². The molecular weight excluding hydrogens is 271 g/mol. The first-order valence-electron chi connectivity index (χ1n) is 5.48. The van der Waals surface area contributed by atoms with E-state index in [4.69, 9.17) is 0 Å². The highest BCUT2D eigenvalue weighted by Gasteiger charge is 2.56. The number of nitrogens with one attached hydrogen (secondary N) is 1. The van der Waals surface area contributed by atoms with Crippen LogP contribution in [0, 0.1) is 17.3 Å². The lowest BCUT2D eigenvalue weighted by molar-refractivity contribution is -0.121. The molecule has 2 atom stereocenters. The van der Waals surface area contributed by atoms with Gasteiger partial charge in [-0.3, -0.25) is 9.52 Å². The molecule has 0 bridgehead atoms. The van der Waals surface area contributed by atoms with Crippen molar-refractivity contribution >= 4 is 15.9 Å². The summed E-state index contributed by atoms with van der Waals surface area (Å²) in [5, 5.41) is 0. The van der Waals surface area contributed by atoms with E-state index in [2.05, 4.69) is 0 Å². The molecule has 0 radical (unpaired) electrons. The van der Waals surface area contributed by atoms with Crippen LogP contribution in [0.2, 0.25) is 0 Å². The quantitative estimate of drug-likeness (QED) is 0.855. The molecule has 1 fully saturated rings. The topological polar surface area (TPSA) is 63.2 Å². The van der Waals surface area contributed by atoms with Crippen LogP contribution in [0.3, 0.4) is 0 Å². The third kappa shape index (κ3) is 3.60. The van der Waals surface area contributed by atoms with Crippen LogP contribution in [-0.2, 0) is 14.8 Å². The van der Waals surface area contributed by atoms with E-state index in [9.17, 15) is 26.4 Å². The third-order valence-electron chi connectivity index (χ3n) is 3.53. The predicted molar refractivity (Wildman–Crippen MR) is 59.0 cm³/mol. The molecule has 0 aromatic heterocycles. The molecule has 18 heavy (non-hydrogen) atoms. The maximum atomic E-state index is 12.0. The Balaban J connectivity index is 2.63. The second kappa shape index (κ2) is 4.40. The fourth-order valence-corrected chi connectivity index (χ4v) is 2.84. The highest BCUT2D eigenvalue weighted by Crippen LogP contribution is 2.57. The first-order valence-corrected chi connectivity index (χ1v) is 7.14. The average molecular weight is 287 g/mol. The van der Waals surface area contributed by atoms with Crippen molar-refractivity contribution in [2.45, 2.75) is 33.4 Å². The summed E-state index contributed by atoms with van der Waals surface area (Å²) in [6, 6.07) is 0. The minimum Gasteiger partial charge on any atom is -0.274 e. The summed E-state index contributed by atoms with van der Waals surface area (Å²) in [5.74, 6) is -3.23. The SMILES string of the molecule is CC(C)C1(C)CC1C(=O)NS(=O)(=O)CC(F)(F)F. The van der Waals surface area contributed by atoms with E-state index in [1.54, 1.807) is 0 Å². The van der Waals surface area contributed by atoms with Crippen molar-refractivity contribution in [3.63, 3.8) is 0 Å². The van der Waals surface area contributed by atoms with Crippen LogP contribution in [0.1, 0.15) is 27.2 Å². The van der Waals surface area contributed by atoms with Gasteiger partial charge >= 0.3 is 6.18 Å². The Morgan fingerprint density at radius 1 is 1.44 bits per heavy atom. The Kier molecular flexibility index (Phi) is 3.73. The molecule has 1 aliphatic rings. The monoisotopic (exact) mass is 287 g/mol. The molecule has 0 aliphatic heterocycles. The normalized spacial score (nSPS) is 28.3. The number of amides is 1. The van der Waals surface area contributed by atoms with Crippen molar-refractivity contribution in [2.75, 3.05) is 5.75 Å².